The fourth-order valence-corrected chi connectivity index (χ4v) is 2.47. The van der Waals surface area contributed by atoms with Crippen molar-refractivity contribution < 1.29 is 14.0 Å². The van der Waals surface area contributed by atoms with Crippen LogP contribution >= 0.6 is 11.6 Å². The summed E-state index contributed by atoms with van der Waals surface area (Å²) in [4.78, 5) is 25.7. The highest BCUT2D eigenvalue weighted by Gasteiger charge is 2.38. The Morgan fingerprint density at radius 3 is 2.90 bits per heavy atom. The predicted molar refractivity (Wildman–Crippen MR) is 79.8 cm³/mol. The Morgan fingerprint density at radius 2 is 2.29 bits per heavy atom. The molecule has 2 atom stereocenters. The largest absolute Gasteiger partial charge is 0.353 e. The molecule has 1 saturated heterocycles. The summed E-state index contributed by atoms with van der Waals surface area (Å²) in [6.45, 7) is 4.17. The van der Waals surface area contributed by atoms with Gasteiger partial charge in [-0.05, 0) is 38.0 Å². The van der Waals surface area contributed by atoms with Crippen molar-refractivity contribution in [3.63, 3.8) is 0 Å². The van der Waals surface area contributed by atoms with Gasteiger partial charge < -0.3 is 10.2 Å². The normalized spacial score (nSPS) is 19.7. The van der Waals surface area contributed by atoms with Crippen molar-refractivity contribution in [1.82, 2.24) is 5.32 Å². The van der Waals surface area contributed by atoms with Crippen LogP contribution < -0.4 is 10.2 Å². The van der Waals surface area contributed by atoms with E-state index in [0.717, 1.165) is 12.5 Å². The molecular weight excluding hydrogens is 295 g/mol. The van der Waals surface area contributed by atoms with Crippen molar-refractivity contribution in [2.45, 2.75) is 32.7 Å². The van der Waals surface area contributed by atoms with E-state index in [1.54, 1.807) is 0 Å². The van der Waals surface area contributed by atoms with Gasteiger partial charge >= 0.3 is 0 Å². The molecule has 0 aliphatic carbocycles. The summed E-state index contributed by atoms with van der Waals surface area (Å²) in [6, 6.07) is 4.17. The van der Waals surface area contributed by atoms with E-state index in [2.05, 4.69) is 5.32 Å². The summed E-state index contributed by atoms with van der Waals surface area (Å²) in [7, 11) is 0. The van der Waals surface area contributed by atoms with Gasteiger partial charge in [-0.15, -0.1) is 0 Å². The molecule has 1 aliphatic rings. The molecule has 1 heterocycles. The Balaban J connectivity index is 2.13. The van der Waals surface area contributed by atoms with E-state index in [1.807, 2.05) is 13.8 Å². The summed E-state index contributed by atoms with van der Waals surface area (Å²) in [5.74, 6) is -1.95. The number of hydrogen-bond donors (Lipinski definition) is 1. The van der Waals surface area contributed by atoms with E-state index in [0.29, 0.717) is 13.0 Å². The van der Waals surface area contributed by atoms with E-state index in [1.165, 1.54) is 17.0 Å². The Labute approximate surface area is 128 Å². The smallest absolute Gasteiger partial charge is 0.239 e. The van der Waals surface area contributed by atoms with Gasteiger partial charge in [0.1, 0.15) is 11.7 Å². The number of nitrogens with one attached hydrogen (secondary N) is 1. The third-order valence-electron chi connectivity index (χ3n) is 3.72. The van der Waals surface area contributed by atoms with Crippen molar-refractivity contribution in [3.05, 3.63) is 29.0 Å². The first-order chi connectivity index (χ1) is 9.93. The number of nitrogens with zero attached hydrogens (tertiary/aromatic N) is 1. The first kappa shape index (κ1) is 15.8. The van der Waals surface area contributed by atoms with Gasteiger partial charge in [-0.25, -0.2) is 4.39 Å². The maximum atomic E-state index is 13.9. The van der Waals surface area contributed by atoms with Crippen molar-refractivity contribution >= 4 is 29.1 Å². The number of carbonyl (C=O) groups is 2. The molecule has 1 aromatic rings. The fourth-order valence-electron chi connectivity index (χ4n) is 2.31. The molecule has 0 bridgehead atoms. The molecule has 0 aromatic heterocycles. The lowest BCUT2D eigenvalue weighted by molar-refractivity contribution is -0.132. The quantitative estimate of drug-likeness (QED) is 0.869. The van der Waals surface area contributed by atoms with Crippen LogP contribution in [0.25, 0.3) is 0 Å². The van der Waals surface area contributed by atoms with Crippen molar-refractivity contribution in [1.29, 1.82) is 0 Å². The van der Waals surface area contributed by atoms with Crippen LogP contribution in [0.4, 0.5) is 10.1 Å². The summed E-state index contributed by atoms with van der Waals surface area (Å²) in [6.07, 6.45) is 1.19. The minimum atomic E-state index is -0.742. The molecule has 2 rings (SSSR count). The van der Waals surface area contributed by atoms with Gasteiger partial charge in [0.25, 0.3) is 0 Å². The summed E-state index contributed by atoms with van der Waals surface area (Å²) >= 11 is 5.70. The first-order valence-corrected chi connectivity index (χ1v) is 7.38. The zero-order chi connectivity index (χ0) is 15.6. The molecule has 6 heteroatoms. The predicted octanol–water partition coefficient (Wildman–Crippen LogP) is 2.75. The minimum absolute atomic E-state index is 0.0200. The Bertz CT molecular complexity index is 565. The molecule has 0 spiro atoms. The second-order valence-corrected chi connectivity index (χ2v) is 5.68. The van der Waals surface area contributed by atoms with Crippen LogP contribution in [0.5, 0.6) is 0 Å². The van der Waals surface area contributed by atoms with Crippen LogP contribution in [-0.2, 0) is 9.59 Å². The second-order valence-electron chi connectivity index (χ2n) is 5.24. The molecule has 1 aliphatic heterocycles. The molecule has 4 nitrogen and oxygen atoms in total. The number of carbonyl (C=O) groups excluding carboxylic acids is 2. The Hall–Kier alpha value is -1.62. The topological polar surface area (TPSA) is 49.4 Å². The highest BCUT2D eigenvalue weighted by atomic mass is 35.5. The molecule has 21 heavy (non-hydrogen) atoms. The van der Waals surface area contributed by atoms with Gasteiger partial charge in [0.15, 0.2) is 0 Å². The van der Waals surface area contributed by atoms with E-state index < -0.39 is 11.7 Å². The van der Waals surface area contributed by atoms with Crippen LogP contribution in [0.3, 0.4) is 0 Å². The maximum absolute atomic E-state index is 13.9. The van der Waals surface area contributed by atoms with Gasteiger partial charge in [-0.1, -0.05) is 18.5 Å². The molecule has 1 fully saturated rings. The average molecular weight is 313 g/mol. The third kappa shape index (κ3) is 3.35. The first-order valence-electron chi connectivity index (χ1n) is 7.00. The van der Waals surface area contributed by atoms with Crippen molar-refractivity contribution in [2.75, 3.05) is 11.4 Å². The lowest BCUT2D eigenvalue weighted by atomic mass is 10.1. The number of amides is 2. The molecule has 0 radical (unpaired) electrons. The molecule has 0 saturated carbocycles. The SMILES string of the molecule is CCC(C)NC(=O)C1CCN(c2ccc(Cl)cc2F)C1=O. The van der Waals surface area contributed by atoms with Gasteiger partial charge in [-0.3, -0.25) is 9.59 Å². The number of halogens is 2. The zero-order valence-corrected chi connectivity index (χ0v) is 12.8. The molecule has 1 N–H and O–H groups in total. The van der Waals surface area contributed by atoms with Crippen molar-refractivity contribution in [2.24, 2.45) is 5.92 Å². The van der Waals surface area contributed by atoms with E-state index in [-0.39, 0.29) is 28.6 Å². The third-order valence-corrected chi connectivity index (χ3v) is 3.96. The maximum Gasteiger partial charge on any atom is 0.239 e. The van der Waals surface area contributed by atoms with Crippen LogP contribution in [-0.4, -0.2) is 24.4 Å². The van der Waals surface area contributed by atoms with E-state index >= 15 is 0 Å². The van der Waals surface area contributed by atoms with Gasteiger partial charge in [-0.2, -0.15) is 0 Å². The molecular formula is C15H18ClFN2O2. The lowest BCUT2D eigenvalue weighted by Gasteiger charge is -2.18. The van der Waals surface area contributed by atoms with Gasteiger partial charge in [0.05, 0.1) is 5.69 Å². The number of anilines is 1. The Kier molecular flexibility index (Phi) is 4.83. The zero-order valence-electron chi connectivity index (χ0n) is 12.0. The number of rotatable bonds is 4. The van der Waals surface area contributed by atoms with Crippen LogP contribution in [0, 0.1) is 11.7 Å². The van der Waals surface area contributed by atoms with Gasteiger partial charge in [0, 0.05) is 17.6 Å². The van der Waals surface area contributed by atoms with Gasteiger partial charge in [0.2, 0.25) is 11.8 Å². The second kappa shape index (κ2) is 6.43. The number of hydrogen-bond acceptors (Lipinski definition) is 2. The monoisotopic (exact) mass is 312 g/mol. The highest BCUT2D eigenvalue weighted by Crippen LogP contribution is 2.29. The molecule has 1 aromatic carbocycles. The molecule has 2 unspecified atom stereocenters. The minimum Gasteiger partial charge on any atom is -0.353 e. The summed E-state index contributed by atoms with van der Waals surface area (Å²) < 4.78 is 13.9. The lowest BCUT2D eigenvalue weighted by Crippen LogP contribution is -2.40. The van der Waals surface area contributed by atoms with Crippen LogP contribution in [0.15, 0.2) is 18.2 Å². The van der Waals surface area contributed by atoms with Crippen molar-refractivity contribution in [3.8, 4) is 0 Å². The summed E-state index contributed by atoms with van der Waals surface area (Å²) in [5.41, 5.74) is 0.170. The number of benzene rings is 1. The fraction of sp³-hybridized carbons (Fsp3) is 0.467. The highest BCUT2D eigenvalue weighted by molar-refractivity contribution is 6.30. The Morgan fingerprint density at radius 1 is 1.57 bits per heavy atom. The molecule has 114 valence electrons. The average Bonchev–Trinajstić information content (AvgIpc) is 2.80. The molecule has 2 amide bonds. The van der Waals surface area contributed by atoms with E-state index in [9.17, 15) is 14.0 Å². The van der Waals surface area contributed by atoms with Crippen LogP contribution in [0.1, 0.15) is 26.7 Å². The van der Waals surface area contributed by atoms with E-state index in [4.69, 9.17) is 11.6 Å². The van der Waals surface area contributed by atoms with Crippen LogP contribution in [0.2, 0.25) is 5.02 Å². The summed E-state index contributed by atoms with van der Waals surface area (Å²) in [5, 5.41) is 3.07. The standard InChI is InChI=1S/C15H18ClFN2O2/c1-3-9(2)18-14(20)11-6-7-19(15(11)21)13-5-4-10(16)8-12(13)17/h4-5,8-9,11H,3,6-7H2,1-2H3,(H,18,20).